The van der Waals surface area contributed by atoms with Crippen molar-refractivity contribution in [1.82, 2.24) is 9.97 Å². The Balaban J connectivity index is 1.58. The third-order valence-corrected chi connectivity index (χ3v) is 4.93. The molecule has 0 unspecified atom stereocenters. The van der Waals surface area contributed by atoms with Gasteiger partial charge in [-0.2, -0.15) is 0 Å². The lowest BCUT2D eigenvalue weighted by Gasteiger charge is -2.02. The van der Waals surface area contributed by atoms with Gasteiger partial charge in [0, 0.05) is 28.2 Å². The molecule has 0 aliphatic carbocycles. The number of nitrogens with one attached hydrogen (secondary N) is 1. The maximum absolute atomic E-state index is 12.0. The summed E-state index contributed by atoms with van der Waals surface area (Å²) in [6.07, 6.45) is 3.42. The van der Waals surface area contributed by atoms with Crippen molar-refractivity contribution in [3.05, 3.63) is 54.2 Å². The molecule has 2 heterocycles. The Labute approximate surface area is 148 Å². The van der Waals surface area contributed by atoms with Crippen molar-refractivity contribution >= 4 is 34.1 Å². The van der Waals surface area contributed by atoms with Crippen LogP contribution in [0.4, 0.5) is 5.13 Å². The molecule has 1 N–H and O–H groups in total. The van der Waals surface area contributed by atoms with Gasteiger partial charge in [-0.15, -0.1) is 23.1 Å². The monoisotopic (exact) mass is 357 g/mol. The normalized spacial score (nSPS) is 10.4. The van der Waals surface area contributed by atoms with Gasteiger partial charge in [-0.3, -0.25) is 9.78 Å². The van der Waals surface area contributed by atoms with Crippen molar-refractivity contribution < 1.29 is 9.53 Å². The number of carbonyl (C=O) groups is 1. The molecule has 1 aromatic carbocycles. The fourth-order valence-electron chi connectivity index (χ4n) is 1.96. The molecule has 5 nitrogen and oxygen atoms in total. The zero-order valence-corrected chi connectivity index (χ0v) is 14.6. The smallest absolute Gasteiger partial charge is 0.236 e. The molecule has 0 aliphatic heterocycles. The van der Waals surface area contributed by atoms with Gasteiger partial charge in [0.05, 0.1) is 18.6 Å². The zero-order chi connectivity index (χ0) is 16.8. The summed E-state index contributed by atoms with van der Waals surface area (Å²) < 4.78 is 5.15. The van der Waals surface area contributed by atoms with E-state index in [1.807, 2.05) is 41.8 Å². The first-order chi connectivity index (χ1) is 11.7. The second-order valence-corrected chi connectivity index (χ2v) is 6.69. The van der Waals surface area contributed by atoms with Crippen LogP contribution in [0.2, 0.25) is 0 Å². The van der Waals surface area contributed by atoms with Gasteiger partial charge in [0.2, 0.25) is 5.91 Å². The van der Waals surface area contributed by atoms with E-state index in [9.17, 15) is 4.79 Å². The highest BCUT2D eigenvalue weighted by Crippen LogP contribution is 2.26. The predicted octanol–water partition coefficient (Wildman–Crippen LogP) is 3.94. The Kier molecular flexibility index (Phi) is 5.45. The van der Waals surface area contributed by atoms with E-state index in [2.05, 4.69) is 15.3 Å². The average molecular weight is 357 g/mol. The Morgan fingerprint density at radius 2 is 1.96 bits per heavy atom. The number of methoxy groups -OCH3 is 1. The maximum Gasteiger partial charge on any atom is 0.236 e. The Hall–Kier alpha value is -2.38. The van der Waals surface area contributed by atoms with Crippen molar-refractivity contribution in [3.8, 4) is 17.0 Å². The molecule has 7 heteroatoms. The first-order valence-corrected chi connectivity index (χ1v) is 9.04. The summed E-state index contributed by atoms with van der Waals surface area (Å²) in [5, 5.41) is 5.35. The molecular weight excluding hydrogens is 342 g/mol. The van der Waals surface area contributed by atoms with Gasteiger partial charge in [0.15, 0.2) is 5.13 Å². The Morgan fingerprint density at radius 1 is 1.21 bits per heavy atom. The number of aromatic nitrogens is 2. The molecule has 122 valence electrons. The fraction of sp³-hybridized carbons (Fsp3) is 0.118. The number of nitrogens with zero attached hydrogens (tertiary/aromatic N) is 2. The minimum Gasteiger partial charge on any atom is -0.497 e. The molecular formula is C17H15N3O2S2. The van der Waals surface area contributed by atoms with Crippen molar-refractivity contribution in [1.29, 1.82) is 0 Å². The number of hydrogen-bond acceptors (Lipinski definition) is 6. The lowest BCUT2D eigenvalue weighted by molar-refractivity contribution is -0.113. The Morgan fingerprint density at radius 3 is 2.67 bits per heavy atom. The van der Waals surface area contributed by atoms with E-state index < -0.39 is 0 Å². The molecule has 2 aromatic heterocycles. The van der Waals surface area contributed by atoms with E-state index in [0.717, 1.165) is 21.9 Å². The molecule has 3 aromatic rings. The van der Waals surface area contributed by atoms with E-state index in [0.29, 0.717) is 10.9 Å². The molecule has 0 saturated carbocycles. The number of pyridine rings is 1. The van der Waals surface area contributed by atoms with E-state index >= 15 is 0 Å². The molecule has 0 fully saturated rings. The molecule has 0 atom stereocenters. The van der Waals surface area contributed by atoms with Crippen LogP contribution in [0.15, 0.2) is 59.1 Å². The first kappa shape index (κ1) is 16.5. The summed E-state index contributed by atoms with van der Waals surface area (Å²) in [4.78, 5) is 21.4. The number of rotatable bonds is 6. The van der Waals surface area contributed by atoms with Gasteiger partial charge < -0.3 is 10.1 Å². The summed E-state index contributed by atoms with van der Waals surface area (Å²) in [5.41, 5.74) is 1.82. The van der Waals surface area contributed by atoms with Crippen LogP contribution >= 0.6 is 23.1 Å². The topological polar surface area (TPSA) is 64.1 Å². The Bertz CT molecular complexity index is 804. The highest BCUT2D eigenvalue weighted by atomic mass is 32.2. The van der Waals surface area contributed by atoms with Gasteiger partial charge >= 0.3 is 0 Å². The molecule has 0 spiro atoms. The molecule has 0 saturated heterocycles. The molecule has 24 heavy (non-hydrogen) atoms. The maximum atomic E-state index is 12.0. The van der Waals surface area contributed by atoms with Crippen molar-refractivity contribution in [3.63, 3.8) is 0 Å². The number of ether oxygens (including phenoxy) is 1. The standard InChI is InChI=1S/C17H15N3O2S2/c1-22-13-4-2-12(3-5-13)15-10-24-17(19-15)20-16(21)11-23-14-6-8-18-9-7-14/h2-10H,11H2,1H3,(H,19,20,21). The summed E-state index contributed by atoms with van der Waals surface area (Å²) in [5.74, 6) is 1.06. The van der Waals surface area contributed by atoms with Crippen molar-refractivity contribution in [2.24, 2.45) is 0 Å². The number of carbonyl (C=O) groups excluding carboxylic acids is 1. The molecule has 3 rings (SSSR count). The minimum absolute atomic E-state index is 0.0764. The number of thioether (sulfide) groups is 1. The van der Waals surface area contributed by atoms with Gasteiger partial charge in [-0.05, 0) is 36.4 Å². The van der Waals surface area contributed by atoms with Crippen LogP contribution in [0.1, 0.15) is 0 Å². The van der Waals surface area contributed by atoms with Gasteiger partial charge in [-0.1, -0.05) is 0 Å². The van der Waals surface area contributed by atoms with Crippen LogP contribution in [-0.2, 0) is 4.79 Å². The highest BCUT2D eigenvalue weighted by molar-refractivity contribution is 8.00. The van der Waals surface area contributed by atoms with E-state index in [1.54, 1.807) is 19.5 Å². The number of anilines is 1. The molecule has 0 bridgehead atoms. The van der Waals surface area contributed by atoms with Crippen LogP contribution in [0.3, 0.4) is 0 Å². The zero-order valence-electron chi connectivity index (χ0n) is 12.9. The van der Waals surface area contributed by atoms with Crippen LogP contribution in [0, 0.1) is 0 Å². The number of amides is 1. The van der Waals surface area contributed by atoms with Crippen LogP contribution in [-0.4, -0.2) is 28.7 Å². The molecule has 0 radical (unpaired) electrons. The number of benzene rings is 1. The van der Waals surface area contributed by atoms with Crippen molar-refractivity contribution in [2.45, 2.75) is 4.90 Å². The lowest BCUT2D eigenvalue weighted by Crippen LogP contribution is -2.13. The number of thiazole rings is 1. The molecule has 0 aliphatic rings. The van der Waals surface area contributed by atoms with Crippen LogP contribution in [0.25, 0.3) is 11.3 Å². The molecule has 1 amide bonds. The largest absolute Gasteiger partial charge is 0.497 e. The lowest BCUT2D eigenvalue weighted by atomic mass is 10.2. The second kappa shape index (κ2) is 7.94. The van der Waals surface area contributed by atoms with E-state index in [4.69, 9.17) is 4.74 Å². The van der Waals surface area contributed by atoms with E-state index in [1.165, 1.54) is 23.1 Å². The first-order valence-electron chi connectivity index (χ1n) is 7.17. The SMILES string of the molecule is COc1ccc(-c2csc(NC(=O)CSc3ccncc3)n2)cc1. The minimum atomic E-state index is -0.0764. The highest BCUT2D eigenvalue weighted by Gasteiger charge is 2.09. The third kappa shape index (κ3) is 4.33. The van der Waals surface area contributed by atoms with Crippen LogP contribution < -0.4 is 10.1 Å². The van der Waals surface area contributed by atoms with Crippen molar-refractivity contribution in [2.75, 3.05) is 18.2 Å². The summed E-state index contributed by atoms with van der Waals surface area (Å²) in [7, 11) is 1.63. The van der Waals surface area contributed by atoms with Crippen LogP contribution in [0.5, 0.6) is 5.75 Å². The summed E-state index contributed by atoms with van der Waals surface area (Å²) in [6.45, 7) is 0. The van der Waals surface area contributed by atoms with E-state index in [-0.39, 0.29) is 5.91 Å². The predicted molar refractivity (Wildman–Crippen MR) is 97.7 cm³/mol. The second-order valence-electron chi connectivity index (χ2n) is 4.79. The average Bonchev–Trinajstić information content (AvgIpc) is 3.09. The third-order valence-electron chi connectivity index (χ3n) is 3.16. The van der Waals surface area contributed by atoms with Gasteiger partial charge in [0.25, 0.3) is 0 Å². The van der Waals surface area contributed by atoms with Gasteiger partial charge in [0.1, 0.15) is 5.75 Å². The number of hydrogen-bond donors (Lipinski definition) is 1. The fourth-order valence-corrected chi connectivity index (χ4v) is 3.38. The summed E-state index contributed by atoms with van der Waals surface area (Å²) in [6, 6.07) is 11.4. The quantitative estimate of drug-likeness (QED) is 0.677. The van der Waals surface area contributed by atoms with Gasteiger partial charge in [-0.25, -0.2) is 4.98 Å². The summed E-state index contributed by atoms with van der Waals surface area (Å²) >= 11 is 2.88.